The number of rotatable bonds is 2. The van der Waals surface area contributed by atoms with Gasteiger partial charge in [-0.15, -0.1) is 0 Å². The number of amides is 1. The van der Waals surface area contributed by atoms with Crippen LogP contribution < -0.4 is 16.0 Å². The Bertz CT molecular complexity index is 718. The maximum atomic E-state index is 13.2. The zero-order chi connectivity index (χ0) is 15.0. The van der Waals surface area contributed by atoms with E-state index in [2.05, 4.69) is 10.2 Å². The maximum Gasteiger partial charge on any atom is 0.409 e. The molecule has 0 fully saturated rings. The average Bonchev–Trinajstić information content (AvgIpc) is 2.83. The van der Waals surface area contributed by atoms with Gasteiger partial charge in [0.05, 0.1) is 11.4 Å². The Labute approximate surface area is 120 Å². The molecule has 0 spiro atoms. The first-order chi connectivity index (χ1) is 10.0. The fourth-order valence-corrected chi connectivity index (χ4v) is 2.52. The predicted octanol–water partition coefficient (Wildman–Crippen LogP) is 3.02. The van der Waals surface area contributed by atoms with Crippen molar-refractivity contribution in [3.05, 3.63) is 53.3 Å². The number of nitrogens with one attached hydrogen (secondary N) is 1. The smallest absolute Gasteiger partial charge is 0.409 e. The number of nitrogens with zero attached hydrogens (tertiary/aromatic N) is 1. The van der Waals surface area contributed by atoms with E-state index in [0.717, 1.165) is 16.8 Å². The molecule has 2 aromatic carbocycles. The van der Waals surface area contributed by atoms with Gasteiger partial charge in [-0.25, -0.2) is 9.18 Å². The molecule has 21 heavy (non-hydrogen) atoms. The van der Waals surface area contributed by atoms with Gasteiger partial charge in [-0.05, 0) is 41.5 Å². The van der Waals surface area contributed by atoms with Crippen molar-refractivity contribution in [3.63, 3.8) is 0 Å². The minimum absolute atomic E-state index is 0.240. The Kier molecular flexibility index (Phi) is 3.13. The van der Waals surface area contributed by atoms with Gasteiger partial charge in [-0.1, -0.05) is 6.07 Å². The van der Waals surface area contributed by atoms with Crippen LogP contribution in [0.1, 0.15) is 11.1 Å². The number of nitrogens with two attached hydrogens (primary N) is 1. The molecule has 0 atom stereocenters. The summed E-state index contributed by atoms with van der Waals surface area (Å²) in [4.78, 5) is 12.7. The van der Waals surface area contributed by atoms with E-state index in [4.69, 9.17) is 10.8 Å². The van der Waals surface area contributed by atoms with E-state index >= 15 is 0 Å². The van der Waals surface area contributed by atoms with Crippen LogP contribution in [0.25, 0.3) is 0 Å². The fourth-order valence-electron chi connectivity index (χ4n) is 2.52. The molecule has 2 aromatic rings. The molecule has 0 aromatic heterocycles. The Morgan fingerprint density at radius 1 is 1.19 bits per heavy atom. The van der Waals surface area contributed by atoms with Crippen LogP contribution >= 0.6 is 0 Å². The van der Waals surface area contributed by atoms with Gasteiger partial charge in [0.2, 0.25) is 0 Å². The van der Waals surface area contributed by atoms with Crippen LogP contribution in [0, 0.1) is 5.82 Å². The first-order valence-corrected chi connectivity index (χ1v) is 6.44. The topological polar surface area (TPSA) is 78.6 Å². The molecule has 0 saturated carbocycles. The SMILES string of the molecule is Nc1cc(N2Cc3ccc(F)cc3C2)ccc1NC(=O)O. The lowest BCUT2D eigenvalue weighted by Crippen LogP contribution is -2.15. The quantitative estimate of drug-likeness (QED) is 0.742. The Balaban J connectivity index is 1.83. The van der Waals surface area contributed by atoms with Gasteiger partial charge in [-0.2, -0.15) is 0 Å². The molecule has 0 saturated heterocycles. The number of hydrogen-bond donors (Lipinski definition) is 3. The van der Waals surface area contributed by atoms with Gasteiger partial charge in [0.1, 0.15) is 5.82 Å². The number of carboxylic acid groups (broad SMARTS) is 1. The predicted molar refractivity (Wildman–Crippen MR) is 78.8 cm³/mol. The highest BCUT2D eigenvalue weighted by atomic mass is 19.1. The minimum Gasteiger partial charge on any atom is -0.465 e. The van der Waals surface area contributed by atoms with E-state index in [0.29, 0.717) is 24.5 Å². The van der Waals surface area contributed by atoms with Crippen LogP contribution in [0.4, 0.5) is 26.2 Å². The third-order valence-electron chi connectivity index (χ3n) is 3.53. The second-order valence-electron chi connectivity index (χ2n) is 4.97. The van der Waals surface area contributed by atoms with Crippen molar-refractivity contribution in [2.24, 2.45) is 0 Å². The Morgan fingerprint density at radius 2 is 1.95 bits per heavy atom. The minimum atomic E-state index is -1.15. The van der Waals surface area contributed by atoms with Crippen molar-refractivity contribution < 1.29 is 14.3 Å². The number of carbonyl (C=O) groups is 1. The van der Waals surface area contributed by atoms with E-state index < -0.39 is 6.09 Å². The fraction of sp³-hybridized carbons (Fsp3) is 0.133. The van der Waals surface area contributed by atoms with E-state index in [1.165, 1.54) is 6.07 Å². The van der Waals surface area contributed by atoms with Gasteiger partial charge in [0, 0.05) is 18.8 Å². The van der Waals surface area contributed by atoms with Crippen molar-refractivity contribution in [1.29, 1.82) is 0 Å². The van der Waals surface area contributed by atoms with E-state index in [1.807, 2.05) is 0 Å². The molecular weight excluding hydrogens is 273 g/mol. The third kappa shape index (κ3) is 2.60. The number of fused-ring (bicyclic) bond motifs is 1. The summed E-state index contributed by atoms with van der Waals surface area (Å²) in [6.45, 7) is 1.29. The highest BCUT2D eigenvalue weighted by Crippen LogP contribution is 2.32. The third-order valence-corrected chi connectivity index (χ3v) is 3.53. The molecule has 6 heteroatoms. The standard InChI is InChI=1S/C15H14FN3O2/c16-11-2-1-9-7-19(8-10(9)5-11)12-3-4-14(13(17)6-12)18-15(20)21/h1-6,18H,7-8,17H2,(H,20,21). The molecule has 0 radical (unpaired) electrons. The normalized spacial score (nSPS) is 13.1. The van der Waals surface area contributed by atoms with Crippen molar-refractivity contribution in [2.75, 3.05) is 16.0 Å². The zero-order valence-corrected chi connectivity index (χ0v) is 11.1. The highest BCUT2D eigenvalue weighted by molar-refractivity contribution is 5.88. The Hall–Kier alpha value is -2.76. The molecule has 0 bridgehead atoms. The number of anilines is 3. The summed E-state index contributed by atoms with van der Waals surface area (Å²) in [7, 11) is 0. The zero-order valence-electron chi connectivity index (χ0n) is 11.1. The van der Waals surface area contributed by atoms with Gasteiger partial charge in [0.25, 0.3) is 0 Å². The summed E-state index contributed by atoms with van der Waals surface area (Å²) in [5, 5.41) is 10.9. The van der Waals surface area contributed by atoms with Gasteiger partial charge < -0.3 is 15.7 Å². The van der Waals surface area contributed by atoms with Crippen LogP contribution in [0.2, 0.25) is 0 Å². The summed E-state index contributed by atoms with van der Waals surface area (Å²) in [5.74, 6) is -0.240. The second kappa shape index (κ2) is 4.97. The number of nitrogen functional groups attached to an aromatic ring is 1. The lowest BCUT2D eigenvalue weighted by molar-refractivity contribution is 0.210. The van der Waals surface area contributed by atoms with Gasteiger partial charge in [0.15, 0.2) is 0 Å². The summed E-state index contributed by atoms with van der Waals surface area (Å²) >= 11 is 0. The molecule has 3 rings (SSSR count). The van der Waals surface area contributed by atoms with E-state index in [9.17, 15) is 9.18 Å². The molecule has 1 aliphatic heterocycles. The number of hydrogen-bond acceptors (Lipinski definition) is 3. The van der Waals surface area contributed by atoms with Crippen LogP contribution in [0.3, 0.4) is 0 Å². The second-order valence-corrected chi connectivity index (χ2v) is 4.97. The molecule has 0 aliphatic carbocycles. The van der Waals surface area contributed by atoms with Crippen molar-refractivity contribution in [3.8, 4) is 0 Å². The highest BCUT2D eigenvalue weighted by Gasteiger charge is 2.20. The largest absolute Gasteiger partial charge is 0.465 e. The van der Waals surface area contributed by atoms with Crippen LogP contribution in [-0.4, -0.2) is 11.2 Å². The van der Waals surface area contributed by atoms with Crippen LogP contribution in [-0.2, 0) is 13.1 Å². The number of halogens is 1. The number of benzene rings is 2. The lowest BCUT2D eigenvalue weighted by Gasteiger charge is -2.19. The Morgan fingerprint density at radius 3 is 2.67 bits per heavy atom. The van der Waals surface area contributed by atoms with Gasteiger partial charge >= 0.3 is 6.09 Å². The van der Waals surface area contributed by atoms with Crippen LogP contribution in [0.15, 0.2) is 36.4 Å². The summed E-state index contributed by atoms with van der Waals surface area (Å²) in [5.41, 5.74) is 9.49. The molecule has 1 aliphatic rings. The molecular formula is C15H14FN3O2. The molecule has 4 N–H and O–H groups in total. The molecule has 5 nitrogen and oxygen atoms in total. The average molecular weight is 287 g/mol. The van der Waals surface area contributed by atoms with Crippen molar-refractivity contribution in [2.45, 2.75) is 13.1 Å². The summed E-state index contributed by atoms with van der Waals surface area (Å²) < 4.78 is 13.2. The van der Waals surface area contributed by atoms with E-state index in [-0.39, 0.29) is 5.82 Å². The van der Waals surface area contributed by atoms with Gasteiger partial charge in [-0.3, -0.25) is 5.32 Å². The molecule has 0 unspecified atom stereocenters. The van der Waals surface area contributed by atoms with Crippen molar-refractivity contribution >= 4 is 23.2 Å². The van der Waals surface area contributed by atoms with Crippen LogP contribution in [0.5, 0.6) is 0 Å². The molecule has 1 amide bonds. The molecule has 1 heterocycles. The monoisotopic (exact) mass is 287 g/mol. The summed E-state index contributed by atoms with van der Waals surface area (Å²) in [6.07, 6.45) is -1.15. The summed E-state index contributed by atoms with van der Waals surface area (Å²) in [6, 6.07) is 9.92. The van der Waals surface area contributed by atoms with Crippen molar-refractivity contribution in [1.82, 2.24) is 0 Å². The first kappa shape index (κ1) is 13.2. The lowest BCUT2D eigenvalue weighted by atomic mass is 10.1. The molecule has 108 valence electrons. The van der Waals surface area contributed by atoms with E-state index in [1.54, 1.807) is 30.3 Å². The first-order valence-electron chi connectivity index (χ1n) is 6.44. The maximum absolute atomic E-state index is 13.2.